The highest BCUT2D eigenvalue weighted by Crippen LogP contribution is 2.13. The molecule has 0 aliphatic carbocycles. The molecule has 0 unspecified atom stereocenters. The number of anilines is 1. The minimum absolute atomic E-state index is 0.265. The lowest BCUT2D eigenvalue weighted by atomic mass is 10.1. The van der Waals surface area contributed by atoms with Gasteiger partial charge in [-0.3, -0.25) is 14.6 Å². The van der Waals surface area contributed by atoms with Gasteiger partial charge in [0, 0.05) is 24.6 Å². The van der Waals surface area contributed by atoms with Crippen molar-refractivity contribution in [1.29, 1.82) is 0 Å². The molecule has 2 amide bonds. The summed E-state index contributed by atoms with van der Waals surface area (Å²) >= 11 is 0. The van der Waals surface area contributed by atoms with Crippen molar-refractivity contribution >= 4 is 23.5 Å². The molecule has 0 aliphatic heterocycles. The molecule has 27 heavy (non-hydrogen) atoms. The second-order valence-corrected chi connectivity index (χ2v) is 6.32. The summed E-state index contributed by atoms with van der Waals surface area (Å²) < 4.78 is 4.92. The molecule has 1 heterocycles. The van der Waals surface area contributed by atoms with Crippen molar-refractivity contribution in [3.05, 3.63) is 59.4 Å². The minimum Gasteiger partial charge on any atom is -0.462 e. The monoisotopic (exact) mass is 369 g/mol. The lowest BCUT2D eigenvalue weighted by molar-refractivity contribution is 0.0526. The number of benzene rings is 1. The Kier molecular flexibility index (Phi) is 7.05. The molecule has 1 aromatic heterocycles. The molecular formula is C20H23N3O4. The summed E-state index contributed by atoms with van der Waals surface area (Å²) in [4.78, 5) is 40.1. The molecule has 0 bridgehead atoms. The van der Waals surface area contributed by atoms with Crippen LogP contribution in [0.5, 0.6) is 0 Å². The van der Waals surface area contributed by atoms with E-state index in [0.717, 1.165) is 0 Å². The molecule has 0 spiro atoms. The Morgan fingerprint density at radius 1 is 1.00 bits per heavy atom. The van der Waals surface area contributed by atoms with Crippen LogP contribution in [0.25, 0.3) is 0 Å². The van der Waals surface area contributed by atoms with Crippen molar-refractivity contribution in [2.75, 3.05) is 18.5 Å². The third-order valence-corrected chi connectivity index (χ3v) is 3.59. The Morgan fingerprint density at radius 2 is 1.63 bits per heavy atom. The SMILES string of the molecule is CCOC(=O)c1ccc(NC(=O)c2cncc(C(=O)NCC(C)C)c2)cc1. The lowest BCUT2D eigenvalue weighted by Gasteiger charge is -2.09. The highest BCUT2D eigenvalue weighted by Gasteiger charge is 2.12. The van der Waals surface area contributed by atoms with Crippen LogP contribution in [0.2, 0.25) is 0 Å². The predicted molar refractivity (Wildman–Crippen MR) is 102 cm³/mol. The molecule has 0 atom stereocenters. The predicted octanol–water partition coefficient (Wildman–Crippen LogP) is 2.90. The van der Waals surface area contributed by atoms with Crippen molar-refractivity contribution in [2.45, 2.75) is 20.8 Å². The first-order chi connectivity index (χ1) is 12.9. The number of hydrogen-bond acceptors (Lipinski definition) is 5. The highest BCUT2D eigenvalue weighted by molar-refractivity contribution is 6.06. The number of amides is 2. The van der Waals surface area contributed by atoms with E-state index in [1.165, 1.54) is 18.5 Å². The van der Waals surface area contributed by atoms with E-state index in [4.69, 9.17) is 4.74 Å². The van der Waals surface area contributed by atoms with E-state index in [0.29, 0.717) is 35.9 Å². The lowest BCUT2D eigenvalue weighted by Crippen LogP contribution is -2.27. The molecule has 0 aliphatic rings. The Hall–Kier alpha value is -3.22. The number of carbonyl (C=O) groups excluding carboxylic acids is 3. The first-order valence-corrected chi connectivity index (χ1v) is 8.72. The van der Waals surface area contributed by atoms with Gasteiger partial charge in [0.25, 0.3) is 11.8 Å². The quantitative estimate of drug-likeness (QED) is 0.732. The molecule has 2 N–H and O–H groups in total. The van der Waals surface area contributed by atoms with Gasteiger partial charge < -0.3 is 15.4 Å². The maximum absolute atomic E-state index is 12.4. The number of aromatic nitrogens is 1. The van der Waals surface area contributed by atoms with Crippen molar-refractivity contribution in [1.82, 2.24) is 10.3 Å². The van der Waals surface area contributed by atoms with E-state index in [-0.39, 0.29) is 11.5 Å². The zero-order valence-corrected chi connectivity index (χ0v) is 15.6. The number of esters is 1. The van der Waals surface area contributed by atoms with E-state index in [1.807, 2.05) is 13.8 Å². The number of rotatable bonds is 7. The van der Waals surface area contributed by atoms with E-state index in [9.17, 15) is 14.4 Å². The fraction of sp³-hybridized carbons (Fsp3) is 0.300. The Morgan fingerprint density at radius 3 is 2.22 bits per heavy atom. The maximum Gasteiger partial charge on any atom is 0.338 e. The third kappa shape index (κ3) is 5.91. The van der Waals surface area contributed by atoms with Crippen LogP contribution in [-0.4, -0.2) is 35.9 Å². The van der Waals surface area contributed by atoms with E-state index >= 15 is 0 Å². The summed E-state index contributed by atoms with van der Waals surface area (Å²) in [6.45, 7) is 6.57. The minimum atomic E-state index is -0.417. The summed E-state index contributed by atoms with van der Waals surface area (Å²) in [6, 6.07) is 7.85. The molecule has 2 rings (SSSR count). The van der Waals surface area contributed by atoms with Crippen LogP contribution < -0.4 is 10.6 Å². The normalized spacial score (nSPS) is 10.4. The average molecular weight is 369 g/mol. The third-order valence-electron chi connectivity index (χ3n) is 3.59. The van der Waals surface area contributed by atoms with E-state index < -0.39 is 11.9 Å². The summed E-state index contributed by atoms with van der Waals surface area (Å²) in [6.07, 6.45) is 2.81. The van der Waals surface area contributed by atoms with Gasteiger partial charge in [0.2, 0.25) is 0 Å². The molecule has 0 saturated carbocycles. The summed E-state index contributed by atoms with van der Waals surface area (Å²) in [5, 5.41) is 5.50. The van der Waals surface area contributed by atoms with Gasteiger partial charge in [0.1, 0.15) is 0 Å². The number of ether oxygens (including phenoxy) is 1. The molecule has 1 aromatic carbocycles. The van der Waals surface area contributed by atoms with Crippen molar-refractivity contribution in [3.63, 3.8) is 0 Å². The Bertz CT molecular complexity index is 816. The maximum atomic E-state index is 12.4. The smallest absolute Gasteiger partial charge is 0.338 e. The van der Waals surface area contributed by atoms with Crippen molar-refractivity contribution in [3.8, 4) is 0 Å². The van der Waals surface area contributed by atoms with Gasteiger partial charge in [-0.15, -0.1) is 0 Å². The average Bonchev–Trinajstić information content (AvgIpc) is 2.67. The second kappa shape index (κ2) is 9.47. The summed E-state index contributed by atoms with van der Waals surface area (Å²) in [7, 11) is 0. The Labute approximate surface area is 158 Å². The molecule has 0 saturated heterocycles. The number of carbonyl (C=O) groups is 3. The number of pyridine rings is 1. The second-order valence-electron chi connectivity index (χ2n) is 6.32. The van der Waals surface area contributed by atoms with Crippen LogP contribution in [0, 0.1) is 5.92 Å². The topological polar surface area (TPSA) is 97.4 Å². The molecular weight excluding hydrogens is 346 g/mol. The Balaban J connectivity index is 2.04. The number of nitrogens with one attached hydrogen (secondary N) is 2. The fourth-order valence-corrected chi connectivity index (χ4v) is 2.19. The van der Waals surface area contributed by atoms with Crippen molar-refractivity contribution in [2.24, 2.45) is 5.92 Å². The van der Waals surface area contributed by atoms with Crippen LogP contribution >= 0.6 is 0 Å². The largest absolute Gasteiger partial charge is 0.462 e. The van der Waals surface area contributed by atoms with Gasteiger partial charge in [-0.2, -0.15) is 0 Å². The van der Waals surface area contributed by atoms with Gasteiger partial charge in [-0.05, 0) is 43.2 Å². The molecule has 2 aromatic rings. The molecule has 142 valence electrons. The first kappa shape index (κ1) is 20.1. The van der Waals surface area contributed by atoms with Crippen LogP contribution in [0.1, 0.15) is 51.8 Å². The first-order valence-electron chi connectivity index (χ1n) is 8.72. The molecule has 7 heteroatoms. The molecule has 0 fully saturated rings. The zero-order chi connectivity index (χ0) is 19.8. The number of nitrogens with zero attached hydrogens (tertiary/aromatic N) is 1. The van der Waals surface area contributed by atoms with Crippen LogP contribution in [-0.2, 0) is 4.74 Å². The van der Waals surface area contributed by atoms with Gasteiger partial charge >= 0.3 is 5.97 Å². The molecule has 0 radical (unpaired) electrons. The van der Waals surface area contributed by atoms with Crippen molar-refractivity contribution < 1.29 is 19.1 Å². The molecule has 7 nitrogen and oxygen atoms in total. The van der Waals surface area contributed by atoms with Gasteiger partial charge in [0.15, 0.2) is 0 Å². The zero-order valence-electron chi connectivity index (χ0n) is 15.6. The van der Waals surface area contributed by atoms with Gasteiger partial charge in [-0.25, -0.2) is 4.79 Å². The number of hydrogen-bond donors (Lipinski definition) is 2. The van der Waals surface area contributed by atoms with Crippen LogP contribution in [0.4, 0.5) is 5.69 Å². The highest BCUT2D eigenvalue weighted by atomic mass is 16.5. The van der Waals surface area contributed by atoms with Crippen LogP contribution in [0.3, 0.4) is 0 Å². The fourth-order valence-electron chi connectivity index (χ4n) is 2.19. The van der Waals surface area contributed by atoms with E-state index in [1.54, 1.807) is 31.2 Å². The van der Waals surface area contributed by atoms with E-state index in [2.05, 4.69) is 15.6 Å². The van der Waals surface area contributed by atoms with Gasteiger partial charge in [0.05, 0.1) is 23.3 Å². The standard InChI is InChI=1S/C20H23N3O4/c1-4-27-20(26)14-5-7-17(8-6-14)23-19(25)16-9-15(11-21-12-16)18(24)22-10-13(2)3/h5-9,11-13H,4,10H2,1-3H3,(H,22,24)(H,23,25). The summed E-state index contributed by atoms with van der Waals surface area (Å²) in [5.41, 5.74) is 1.51. The van der Waals surface area contributed by atoms with Crippen LogP contribution in [0.15, 0.2) is 42.7 Å². The van der Waals surface area contributed by atoms with Gasteiger partial charge in [-0.1, -0.05) is 13.8 Å². The summed E-state index contributed by atoms with van der Waals surface area (Å²) in [5.74, 6) is -0.764.